The average Bonchev–Trinajstić information content (AvgIpc) is 3.39. The lowest BCUT2D eigenvalue weighted by Gasteiger charge is -2.30. The highest BCUT2D eigenvalue weighted by atomic mass is 32.2. The predicted molar refractivity (Wildman–Crippen MR) is 102 cm³/mol. The van der Waals surface area contributed by atoms with Gasteiger partial charge in [0.1, 0.15) is 5.25 Å². The number of carbonyl (C=O) groups excluding carboxylic acids is 1. The predicted octanol–water partition coefficient (Wildman–Crippen LogP) is 2.70. The Hall–Kier alpha value is -1.93. The number of aromatic nitrogens is 4. The van der Waals surface area contributed by atoms with E-state index in [0.29, 0.717) is 11.7 Å². The highest BCUT2D eigenvalue weighted by molar-refractivity contribution is 8.00. The fraction of sp³-hybridized carbons (Fsp3) is 0.579. The van der Waals surface area contributed by atoms with Crippen molar-refractivity contribution >= 4 is 17.7 Å². The number of nitrogens with zero attached hydrogens (tertiary/aromatic N) is 5. The molecule has 0 saturated carbocycles. The first-order valence-corrected chi connectivity index (χ1v) is 10.6. The molecule has 0 aliphatic carbocycles. The average molecular weight is 388 g/mol. The van der Waals surface area contributed by atoms with Gasteiger partial charge in [-0.25, -0.2) is 4.68 Å². The van der Waals surface area contributed by atoms with Gasteiger partial charge in [-0.1, -0.05) is 42.1 Å². The molecule has 144 valence electrons. The van der Waals surface area contributed by atoms with Crippen molar-refractivity contribution in [2.24, 2.45) is 0 Å². The molecule has 1 amide bonds. The largest absolute Gasteiger partial charge is 0.376 e. The Morgan fingerprint density at radius 1 is 1.19 bits per heavy atom. The lowest BCUT2D eigenvalue weighted by Crippen LogP contribution is -2.38. The Bertz CT molecular complexity index is 742. The topological polar surface area (TPSA) is 73.1 Å². The molecule has 27 heavy (non-hydrogen) atoms. The van der Waals surface area contributed by atoms with Crippen molar-refractivity contribution in [1.29, 1.82) is 0 Å². The van der Waals surface area contributed by atoms with Crippen LogP contribution in [0, 0.1) is 0 Å². The van der Waals surface area contributed by atoms with Crippen LogP contribution in [0.4, 0.5) is 0 Å². The van der Waals surface area contributed by atoms with Crippen molar-refractivity contribution in [3.63, 3.8) is 0 Å². The molecule has 2 aromatic rings. The van der Waals surface area contributed by atoms with Crippen molar-refractivity contribution in [1.82, 2.24) is 25.1 Å². The maximum atomic E-state index is 13.3. The molecule has 2 aliphatic rings. The molecule has 0 bridgehead atoms. The highest BCUT2D eigenvalue weighted by Crippen LogP contribution is 2.36. The standard InChI is InChI=1S/C19H25N5O2S/c25-18(23-11-5-2-6-12-23)17(15-8-3-1-4-9-15)27-19-20-21-22-24(19)14-16-10-7-13-26-16/h1,3-4,8-9,16-17H,2,5-7,10-14H2. The van der Waals surface area contributed by atoms with Gasteiger partial charge >= 0.3 is 0 Å². The van der Waals surface area contributed by atoms with E-state index < -0.39 is 0 Å². The fourth-order valence-electron chi connectivity index (χ4n) is 3.65. The monoisotopic (exact) mass is 387 g/mol. The van der Waals surface area contributed by atoms with Gasteiger partial charge in [0.15, 0.2) is 0 Å². The lowest BCUT2D eigenvalue weighted by molar-refractivity contribution is -0.131. The van der Waals surface area contributed by atoms with Gasteiger partial charge in [-0.15, -0.1) is 5.10 Å². The van der Waals surface area contributed by atoms with Gasteiger partial charge in [-0.05, 0) is 48.1 Å². The maximum absolute atomic E-state index is 13.3. The number of hydrogen-bond acceptors (Lipinski definition) is 6. The SMILES string of the molecule is O=C(C(Sc1nnnn1CC1CCCO1)c1ccccc1)N1CCCCC1. The number of piperidine rings is 1. The third-order valence-electron chi connectivity index (χ3n) is 5.12. The van der Waals surface area contributed by atoms with Crippen LogP contribution in [0.3, 0.4) is 0 Å². The molecule has 0 spiro atoms. The van der Waals surface area contributed by atoms with Crippen LogP contribution in [0.1, 0.15) is 42.9 Å². The van der Waals surface area contributed by atoms with Crippen LogP contribution in [0.2, 0.25) is 0 Å². The molecule has 1 aromatic carbocycles. The van der Waals surface area contributed by atoms with Gasteiger partial charge < -0.3 is 9.64 Å². The van der Waals surface area contributed by atoms with Crippen molar-refractivity contribution in [3.8, 4) is 0 Å². The first kappa shape index (κ1) is 18.4. The number of thioether (sulfide) groups is 1. The summed E-state index contributed by atoms with van der Waals surface area (Å²) in [5.74, 6) is 0.151. The number of rotatable bonds is 6. The van der Waals surface area contributed by atoms with E-state index in [2.05, 4.69) is 15.5 Å². The van der Waals surface area contributed by atoms with E-state index in [1.54, 1.807) is 4.68 Å². The lowest BCUT2D eigenvalue weighted by atomic mass is 10.1. The van der Waals surface area contributed by atoms with E-state index in [9.17, 15) is 4.79 Å². The molecule has 8 heteroatoms. The quantitative estimate of drug-likeness (QED) is 0.710. The second kappa shape index (κ2) is 8.84. The van der Waals surface area contributed by atoms with Crippen molar-refractivity contribution in [2.75, 3.05) is 19.7 Å². The number of carbonyl (C=O) groups is 1. The molecular weight excluding hydrogens is 362 g/mol. The minimum Gasteiger partial charge on any atom is -0.376 e. The summed E-state index contributed by atoms with van der Waals surface area (Å²) in [6.45, 7) is 3.11. The van der Waals surface area contributed by atoms with Gasteiger partial charge in [-0.3, -0.25) is 4.79 Å². The summed E-state index contributed by atoms with van der Waals surface area (Å²) in [5, 5.41) is 12.5. The van der Waals surface area contributed by atoms with Crippen LogP contribution in [0.25, 0.3) is 0 Å². The molecule has 0 radical (unpaired) electrons. The van der Waals surface area contributed by atoms with E-state index >= 15 is 0 Å². The van der Waals surface area contributed by atoms with Crippen molar-refractivity contribution in [3.05, 3.63) is 35.9 Å². The summed E-state index contributed by atoms with van der Waals surface area (Å²) >= 11 is 1.44. The molecule has 7 nitrogen and oxygen atoms in total. The molecule has 2 fully saturated rings. The Morgan fingerprint density at radius 3 is 2.74 bits per heavy atom. The zero-order valence-corrected chi connectivity index (χ0v) is 16.2. The molecule has 2 atom stereocenters. The summed E-state index contributed by atoms with van der Waals surface area (Å²) in [6.07, 6.45) is 5.62. The molecule has 2 unspecified atom stereocenters. The molecule has 2 saturated heterocycles. The minimum atomic E-state index is -0.335. The van der Waals surface area contributed by atoms with Gasteiger partial charge in [0, 0.05) is 19.7 Å². The number of hydrogen-bond donors (Lipinski definition) is 0. The maximum Gasteiger partial charge on any atom is 0.240 e. The zero-order chi connectivity index (χ0) is 18.5. The number of amides is 1. The first-order chi connectivity index (χ1) is 13.3. The summed E-state index contributed by atoms with van der Waals surface area (Å²) < 4.78 is 7.49. The molecule has 1 aromatic heterocycles. The fourth-order valence-corrected chi connectivity index (χ4v) is 4.72. The highest BCUT2D eigenvalue weighted by Gasteiger charge is 2.30. The van der Waals surface area contributed by atoms with Gasteiger partial charge in [0.05, 0.1) is 12.6 Å². The van der Waals surface area contributed by atoms with Crippen LogP contribution >= 0.6 is 11.8 Å². The van der Waals surface area contributed by atoms with E-state index in [0.717, 1.165) is 50.9 Å². The van der Waals surface area contributed by atoms with E-state index in [1.165, 1.54) is 18.2 Å². The van der Waals surface area contributed by atoms with Crippen LogP contribution in [-0.4, -0.2) is 56.8 Å². The van der Waals surface area contributed by atoms with Gasteiger partial charge in [0.2, 0.25) is 11.1 Å². The van der Waals surface area contributed by atoms with Crippen LogP contribution in [0.15, 0.2) is 35.5 Å². The molecular formula is C19H25N5O2S. The molecule has 2 aliphatic heterocycles. The second-order valence-electron chi connectivity index (χ2n) is 7.07. The Balaban J connectivity index is 1.54. The smallest absolute Gasteiger partial charge is 0.240 e. The van der Waals surface area contributed by atoms with Crippen LogP contribution < -0.4 is 0 Å². The number of likely N-dealkylation sites (tertiary alicyclic amines) is 1. The van der Waals surface area contributed by atoms with E-state index in [1.807, 2.05) is 35.2 Å². The van der Waals surface area contributed by atoms with Gasteiger partial charge in [-0.2, -0.15) is 0 Å². The summed E-state index contributed by atoms with van der Waals surface area (Å²) in [4.78, 5) is 15.3. The van der Waals surface area contributed by atoms with Crippen molar-refractivity contribution < 1.29 is 9.53 Å². The zero-order valence-electron chi connectivity index (χ0n) is 15.4. The summed E-state index contributed by atoms with van der Waals surface area (Å²) in [7, 11) is 0. The number of tetrazole rings is 1. The number of ether oxygens (including phenoxy) is 1. The normalized spacial score (nSPS) is 21.3. The third-order valence-corrected chi connectivity index (χ3v) is 6.33. The Kier molecular flexibility index (Phi) is 6.03. The second-order valence-corrected chi connectivity index (χ2v) is 8.15. The van der Waals surface area contributed by atoms with Crippen LogP contribution in [0.5, 0.6) is 0 Å². The summed E-state index contributed by atoms with van der Waals surface area (Å²) in [6, 6.07) is 9.93. The minimum absolute atomic E-state index is 0.151. The van der Waals surface area contributed by atoms with Crippen molar-refractivity contribution in [2.45, 2.75) is 55.2 Å². The van der Waals surface area contributed by atoms with E-state index in [4.69, 9.17) is 4.74 Å². The Morgan fingerprint density at radius 2 is 2.00 bits per heavy atom. The molecule has 0 N–H and O–H groups in total. The molecule has 3 heterocycles. The Labute approximate surface area is 163 Å². The first-order valence-electron chi connectivity index (χ1n) is 9.69. The van der Waals surface area contributed by atoms with Gasteiger partial charge in [0.25, 0.3) is 0 Å². The molecule has 4 rings (SSSR count). The summed E-state index contributed by atoms with van der Waals surface area (Å²) in [5.41, 5.74) is 0.990. The number of benzene rings is 1. The third kappa shape index (κ3) is 4.50. The van der Waals surface area contributed by atoms with E-state index in [-0.39, 0.29) is 17.3 Å². The van der Waals surface area contributed by atoms with Crippen LogP contribution in [-0.2, 0) is 16.1 Å².